The maximum atomic E-state index is 14.0. The van der Waals surface area contributed by atoms with Crippen LogP contribution in [0.15, 0.2) is 72.8 Å². The molecule has 2 fully saturated rings. The number of nitrogens with zero attached hydrogens (tertiary/aromatic N) is 4. The van der Waals surface area contributed by atoms with Crippen molar-refractivity contribution in [3.8, 4) is 11.5 Å². The van der Waals surface area contributed by atoms with E-state index >= 15 is 0 Å². The summed E-state index contributed by atoms with van der Waals surface area (Å²) >= 11 is 0. The van der Waals surface area contributed by atoms with Crippen molar-refractivity contribution in [1.29, 1.82) is 0 Å². The summed E-state index contributed by atoms with van der Waals surface area (Å²) in [5, 5.41) is 13.9. The number of likely N-dealkylation sites (tertiary alicyclic amines) is 1. The molecule has 1 spiro atoms. The molecule has 3 aromatic rings. The van der Waals surface area contributed by atoms with Crippen molar-refractivity contribution >= 4 is 29.1 Å². The number of anilines is 1. The lowest BCUT2D eigenvalue weighted by molar-refractivity contribution is -0.384. The summed E-state index contributed by atoms with van der Waals surface area (Å²) in [6, 6.07) is 20.7. The number of benzene rings is 3. The van der Waals surface area contributed by atoms with Crippen molar-refractivity contribution in [3.63, 3.8) is 0 Å². The predicted molar refractivity (Wildman–Crippen MR) is 163 cm³/mol. The Hall–Kier alpha value is -5.13. The molecule has 0 aromatic heterocycles. The van der Waals surface area contributed by atoms with Crippen LogP contribution in [-0.2, 0) is 16.0 Å². The number of amides is 3. The molecule has 12 nitrogen and oxygen atoms in total. The molecule has 0 bridgehead atoms. The first-order valence-corrected chi connectivity index (χ1v) is 14.4. The summed E-state index contributed by atoms with van der Waals surface area (Å²) in [5.41, 5.74) is 1.22. The van der Waals surface area contributed by atoms with Crippen molar-refractivity contribution in [2.75, 3.05) is 52.0 Å². The zero-order valence-electron chi connectivity index (χ0n) is 24.7. The van der Waals surface area contributed by atoms with Gasteiger partial charge in [-0.05, 0) is 61.2 Å². The molecule has 2 saturated heterocycles. The molecule has 230 valence electrons. The second kappa shape index (κ2) is 13.0. The number of non-ortho nitro benzene ring substituents is 1. The zero-order chi connectivity index (χ0) is 31.3. The van der Waals surface area contributed by atoms with E-state index in [2.05, 4.69) is 5.32 Å². The van der Waals surface area contributed by atoms with E-state index in [1.54, 1.807) is 24.0 Å². The first-order chi connectivity index (χ1) is 21.3. The van der Waals surface area contributed by atoms with Crippen molar-refractivity contribution in [2.45, 2.75) is 24.8 Å². The Bertz CT molecular complexity index is 1520. The second-order valence-electron chi connectivity index (χ2n) is 10.8. The minimum atomic E-state index is -0.895. The molecule has 2 aliphatic heterocycles. The molecule has 3 amide bonds. The van der Waals surface area contributed by atoms with E-state index < -0.39 is 10.5 Å². The number of ether oxygens (including phenoxy) is 2. The van der Waals surface area contributed by atoms with E-state index in [-0.39, 0.29) is 36.6 Å². The molecule has 5 rings (SSSR count). The van der Waals surface area contributed by atoms with Gasteiger partial charge in [0.2, 0.25) is 5.91 Å². The highest BCUT2D eigenvalue weighted by Crippen LogP contribution is 2.39. The highest BCUT2D eigenvalue weighted by molar-refractivity contribution is 5.97. The quantitative estimate of drug-likeness (QED) is 0.277. The predicted octanol–water partition coefficient (Wildman–Crippen LogP) is 3.25. The van der Waals surface area contributed by atoms with Gasteiger partial charge in [-0.25, -0.2) is 0 Å². The van der Waals surface area contributed by atoms with E-state index in [9.17, 15) is 24.5 Å². The monoisotopic (exact) mass is 601 g/mol. The largest absolute Gasteiger partial charge is 0.493 e. The number of nitro benzene ring substituents is 1. The van der Waals surface area contributed by atoms with E-state index in [4.69, 9.17) is 9.47 Å². The van der Waals surface area contributed by atoms with Crippen LogP contribution < -0.4 is 19.7 Å². The summed E-state index contributed by atoms with van der Waals surface area (Å²) in [6.45, 7) is 1.22. The van der Waals surface area contributed by atoms with Gasteiger partial charge in [0.15, 0.2) is 11.5 Å². The first-order valence-electron chi connectivity index (χ1n) is 14.4. The third kappa shape index (κ3) is 6.14. The number of methoxy groups -OCH3 is 2. The maximum absolute atomic E-state index is 14.0. The van der Waals surface area contributed by atoms with Gasteiger partial charge in [-0.1, -0.05) is 24.3 Å². The van der Waals surface area contributed by atoms with Crippen LogP contribution in [-0.4, -0.2) is 85.1 Å². The van der Waals surface area contributed by atoms with Crippen LogP contribution in [0, 0.1) is 10.1 Å². The number of carbonyl (C=O) groups is 3. The summed E-state index contributed by atoms with van der Waals surface area (Å²) in [6.07, 6.45) is 1.35. The van der Waals surface area contributed by atoms with Crippen molar-refractivity contribution in [2.24, 2.45) is 0 Å². The molecule has 2 heterocycles. The molecular weight excluding hydrogens is 566 g/mol. The fraction of sp³-hybridized carbons (Fsp3) is 0.344. The van der Waals surface area contributed by atoms with Crippen molar-refractivity contribution in [1.82, 2.24) is 15.1 Å². The lowest BCUT2D eigenvalue weighted by atomic mass is 9.85. The lowest BCUT2D eigenvalue weighted by Crippen LogP contribution is -2.57. The van der Waals surface area contributed by atoms with Gasteiger partial charge in [0, 0.05) is 43.0 Å². The van der Waals surface area contributed by atoms with Gasteiger partial charge >= 0.3 is 0 Å². The Kier molecular flexibility index (Phi) is 8.98. The van der Waals surface area contributed by atoms with Crippen LogP contribution in [0.3, 0.4) is 0 Å². The first kappa shape index (κ1) is 30.3. The molecule has 0 radical (unpaired) electrons. The molecule has 1 N–H and O–H groups in total. The fourth-order valence-electron chi connectivity index (χ4n) is 5.92. The number of para-hydroxylation sites is 1. The Morgan fingerprint density at radius 3 is 2.27 bits per heavy atom. The van der Waals surface area contributed by atoms with Crippen LogP contribution >= 0.6 is 0 Å². The smallest absolute Gasteiger partial charge is 0.269 e. The number of nitro groups is 1. The third-order valence-electron chi connectivity index (χ3n) is 8.30. The standard InChI is InChI=1S/C32H35N5O7/c1-43-27-13-8-23(20-28(27)44-2)14-17-33-29(38)21-35-22-36(25-6-4-3-5-7-25)32(31(35)40)15-18-34(19-16-32)30(39)24-9-11-26(12-10-24)37(41)42/h3-13,20H,14-19,21-22H2,1-2H3,(H,33,38). The number of rotatable bonds is 10. The summed E-state index contributed by atoms with van der Waals surface area (Å²) in [7, 11) is 3.15. The number of hydrogen-bond donors (Lipinski definition) is 1. The van der Waals surface area contributed by atoms with Crippen LogP contribution in [0.4, 0.5) is 11.4 Å². The zero-order valence-corrected chi connectivity index (χ0v) is 24.7. The van der Waals surface area contributed by atoms with E-state index in [1.807, 2.05) is 53.4 Å². The topological polar surface area (TPSA) is 135 Å². The van der Waals surface area contributed by atoms with Crippen LogP contribution in [0.1, 0.15) is 28.8 Å². The van der Waals surface area contributed by atoms with Crippen molar-refractivity contribution in [3.05, 3.63) is 94.0 Å². The molecule has 12 heteroatoms. The van der Waals surface area contributed by atoms with E-state index in [0.29, 0.717) is 56.0 Å². The Morgan fingerprint density at radius 2 is 1.64 bits per heavy atom. The van der Waals surface area contributed by atoms with E-state index in [1.165, 1.54) is 24.3 Å². The van der Waals surface area contributed by atoms with Crippen LogP contribution in [0.25, 0.3) is 0 Å². The van der Waals surface area contributed by atoms with Gasteiger partial charge in [0.05, 0.1) is 25.8 Å². The Morgan fingerprint density at radius 1 is 0.955 bits per heavy atom. The average Bonchev–Trinajstić information content (AvgIpc) is 3.31. The van der Waals surface area contributed by atoms with Gasteiger partial charge in [0.25, 0.3) is 17.5 Å². The Balaban J connectivity index is 1.24. The lowest BCUT2D eigenvalue weighted by Gasteiger charge is -2.43. The van der Waals surface area contributed by atoms with Crippen LogP contribution in [0.5, 0.6) is 11.5 Å². The van der Waals surface area contributed by atoms with Gasteiger partial charge in [0.1, 0.15) is 12.1 Å². The minimum absolute atomic E-state index is 0.0821. The van der Waals surface area contributed by atoms with Gasteiger partial charge in [-0.2, -0.15) is 0 Å². The van der Waals surface area contributed by atoms with Crippen molar-refractivity contribution < 1.29 is 28.8 Å². The molecule has 2 aliphatic rings. The highest BCUT2D eigenvalue weighted by atomic mass is 16.6. The third-order valence-corrected chi connectivity index (χ3v) is 8.30. The SMILES string of the molecule is COc1ccc(CCNC(=O)CN2CN(c3ccccc3)C3(CCN(C(=O)c4ccc([N+](=O)[O-])cc4)CC3)C2=O)cc1OC. The molecule has 44 heavy (non-hydrogen) atoms. The average molecular weight is 602 g/mol. The maximum Gasteiger partial charge on any atom is 0.269 e. The molecule has 0 saturated carbocycles. The normalized spacial score (nSPS) is 15.8. The number of piperidine rings is 1. The number of hydrogen-bond acceptors (Lipinski definition) is 8. The number of nitrogens with one attached hydrogen (secondary N) is 1. The number of carbonyl (C=O) groups excluding carboxylic acids is 3. The summed E-state index contributed by atoms with van der Waals surface area (Å²) in [4.78, 5) is 55.9. The molecule has 3 aromatic carbocycles. The second-order valence-corrected chi connectivity index (χ2v) is 10.8. The van der Waals surface area contributed by atoms with Crippen LogP contribution in [0.2, 0.25) is 0 Å². The fourth-order valence-corrected chi connectivity index (χ4v) is 5.92. The molecule has 0 unspecified atom stereocenters. The summed E-state index contributed by atoms with van der Waals surface area (Å²) < 4.78 is 10.6. The van der Waals surface area contributed by atoms with E-state index in [0.717, 1.165) is 11.3 Å². The van der Waals surface area contributed by atoms with Gasteiger partial charge < -0.3 is 29.5 Å². The summed E-state index contributed by atoms with van der Waals surface area (Å²) in [5.74, 6) is 0.614. The molecule has 0 atom stereocenters. The molecule has 0 aliphatic carbocycles. The highest BCUT2D eigenvalue weighted by Gasteiger charge is 2.54. The van der Waals surface area contributed by atoms with Gasteiger partial charge in [-0.15, -0.1) is 0 Å². The minimum Gasteiger partial charge on any atom is -0.493 e. The molecular formula is C32H35N5O7. The van der Waals surface area contributed by atoms with Gasteiger partial charge in [-0.3, -0.25) is 24.5 Å². The Labute approximate surface area is 255 Å².